The van der Waals surface area contributed by atoms with Crippen molar-refractivity contribution >= 4 is 34.4 Å². The molecule has 0 bridgehead atoms. The monoisotopic (exact) mass is 435 g/mol. The third-order valence-electron chi connectivity index (χ3n) is 4.88. The van der Waals surface area contributed by atoms with Crippen LogP contribution in [-0.2, 0) is 19.3 Å². The summed E-state index contributed by atoms with van der Waals surface area (Å²) in [6.45, 7) is 0.741. The Hall–Kier alpha value is -3.03. The van der Waals surface area contributed by atoms with Gasteiger partial charge in [-0.25, -0.2) is 4.98 Å². The lowest BCUT2D eigenvalue weighted by molar-refractivity contribution is 0.572. The number of fused-ring (bicyclic) bond motifs is 1. The standard InChI is InChI=1S/C22H18ClN5OS/c1-27-21(19-8-5-11-29-19)25-26-22(27)30-14-20-24-17-12-16(23)9-10-18(17)28(20)13-15-6-3-2-4-7-15/h2-12H,13-14H2,1H3. The molecule has 0 aliphatic heterocycles. The smallest absolute Gasteiger partial charge is 0.200 e. The molecule has 8 heteroatoms. The maximum absolute atomic E-state index is 6.20. The van der Waals surface area contributed by atoms with Crippen molar-refractivity contribution in [2.75, 3.05) is 0 Å². The highest BCUT2D eigenvalue weighted by molar-refractivity contribution is 7.98. The molecule has 0 amide bonds. The molecule has 5 aromatic rings. The third-order valence-corrected chi connectivity index (χ3v) is 6.13. The van der Waals surface area contributed by atoms with E-state index in [1.54, 1.807) is 18.0 Å². The van der Waals surface area contributed by atoms with Crippen LogP contribution in [0.4, 0.5) is 0 Å². The molecule has 0 unspecified atom stereocenters. The summed E-state index contributed by atoms with van der Waals surface area (Å²) in [7, 11) is 1.94. The summed E-state index contributed by atoms with van der Waals surface area (Å²) in [4.78, 5) is 4.85. The molecule has 3 aromatic heterocycles. The minimum atomic E-state index is 0.656. The predicted octanol–water partition coefficient (Wildman–Crippen LogP) is 5.42. The molecule has 30 heavy (non-hydrogen) atoms. The third kappa shape index (κ3) is 3.62. The fourth-order valence-corrected chi connectivity index (χ4v) is 4.42. The summed E-state index contributed by atoms with van der Waals surface area (Å²) < 4.78 is 9.62. The van der Waals surface area contributed by atoms with E-state index in [0.29, 0.717) is 22.4 Å². The average molecular weight is 436 g/mol. The Morgan fingerprint density at radius 3 is 2.70 bits per heavy atom. The normalized spacial score (nSPS) is 11.4. The topological polar surface area (TPSA) is 61.7 Å². The van der Waals surface area contributed by atoms with E-state index in [0.717, 1.165) is 28.6 Å². The zero-order chi connectivity index (χ0) is 20.5. The molecule has 0 atom stereocenters. The molecule has 150 valence electrons. The minimum absolute atomic E-state index is 0.656. The Morgan fingerprint density at radius 1 is 1.03 bits per heavy atom. The van der Waals surface area contributed by atoms with Crippen LogP contribution >= 0.6 is 23.4 Å². The summed E-state index contributed by atoms with van der Waals surface area (Å²) in [5.41, 5.74) is 3.17. The van der Waals surface area contributed by atoms with Gasteiger partial charge in [0.05, 0.1) is 23.0 Å². The molecule has 2 aromatic carbocycles. The average Bonchev–Trinajstić information content (AvgIpc) is 3.47. The second-order valence-corrected chi connectivity index (χ2v) is 8.24. The molecule has 0 radical (unpaired) electrons. The van der Waals surface area contributed by atoms with Gasteiger partial charge in [0.25, 0.3) is 0 Å². The van der Waals surface area contributed by atoms with Gasteiger partial charge in [0.2, 0.25) is 0 Å². The van der Waals surface area contributed by atoms with Crippen molar-refractivity contribution in [1.82, 2.24) is 24.3 Å². The van der Waals surface area contributed by atoms with E-state index in [1.807, 2.05) is 48.0 Å². The highest BCUT2D eigenvalue weighted by Crippen LogP contribution is 2.28. The molecule has 0 saturated carbocycles. The van der Waals surface area contributed by atoms with E-state index in [-0.39, 0.29) is 0 Å². The number of hydrogen-bond acceptors (Lipinski definition) is 5. The molecule has 0 aliphatic carbocycles. The van der Waals surface area contributed by atoms with Crippen molar-refractivity contribution in [2.24, 2.45) is 7.05 Å². The second kappa shape index (κ2) is 8.01. The fourth-order valence-electron chi connectivity index (χ4n) is 3.40. The Balaban J connectivity index is 1.46. The number of imidazole rings is 1. The van der Waals surface area contributed by atoms with Crippen molar-refractivity contribution in [3.05, 3.63) is 83.3 Å². The van der Waals surface area contributed by atoms with Crippen molar-refractivity contribution in [3.63, 3.8) is 0 Å². The van der Waals surface area contributed by atoms with Gasteiger partial charge in [0.15, 0.2) is 16.7 Å². The molecule has 3 heterocycles. The van der Waals surface area contributed by atoms with Crippen LogP contribution in [-0.4, -0.2) is 24.3 Å². The van der Waals surface area contributed by atoms with E-state index >= 15 is 0 Å². The Kier molecular flexibility index (Phi) is 5.06. The fraction of sp³-hybridized carbons (Fsp3) is 0.136. The van der Waals surface area contributed by atoms with Gasteiger partial charge in [0, 0.05) is 18.6 Å². The zero-order valence-electron chi connectivity index (χ0n) is 16.2. The predicted molar refractivity (Wildman–Crippen MR) is 119 cm³/mol. The van der Waals surface area contributed by atoms with Crippen molar-refractivity contribution in [1.29, 1.82) is 0 Å². The number of rotatable bonds is 6. The Morgan fingerprint density at radius 2 is 1.90 bits per heavy atom. The second-order valence-electron chi connectivity index (χ2n) is 6.86. The van der Waals surface area contributed by atoms with Crippen molar-refractivity contribution in [3.8, 4) is 11.6 Å². The van der Waals surface area contributed by atoms with Gasteiger partial charge in [0.1, 0.15) is 5.82 Å². The van der Waals surface area contributed by atoms with Gasteiger partial charge >= 0.3 is 0 Å². The Labute approximate surface area is 182 Å². The molecular weight excluding hydrogens is 418 g/mol. The van der Waals surface area contributed by atoms with Crippen molar-refractivity contribution in [2.45, 2.75) is 17.5 Å². The summed E-state index contributed by atoms with van der Waals surface area (Å²) in [5, 5.41) is 10.1. The maximum Gasteiger partial charge on any atom is 0.200 e. The molecule has 0 saturated heterocycles. The first kappa shape index (κ1) is 19.0. The van der Waals surface area contributed by atoms with Crippen LogP contribution in [0.25, 0.3) is 22.6 Å². The van der Waals surface area contributed by atoms with Gasteiger partial charge in [-0.15, -0.1) is 10.2 Å². The zero-order valence-corrected chi connectivity index (χ0v) is 17.8. The summed E-state index contributed by atoms with van der Waals surface area (Å²) in [6, 6.07) is 19.9. The first-order valence-corrected chi connectivity index (χ1v) is 10.8. The minimum Gasteiger partial charge on any atom is -0.461 e. The molecule has 0 spiro atoms. The highest BCUT2D eigenvalue weighted by Gasteiger charge is 2.16. The summed E-state index contributed by atoms with van der Waals surface area (Å²) in [5.74, 6) is 3.02. The molecular formula is C22H18ClN5OS. The summed E-state index contributed by atoms with van der Waals surface area (Å²) >= 11 is 7.79. The van der Waals surface area contributed by atoms with Gasteiger partial charge < -0.3 is 13.6 Å². The lowest BCUT2D eigenvalue weighted by atomic mass is 10.2. The number of benzene rings is 2. The van der Waals surface area contributed by atoms with Gasteiger partial charge in [-0.3, -0.25) is 0 Å². The molecule has 0 aliphatic rings. The van der Waals surface area contributed by atoms with Gasteiger partial charge in [-0.1, -0.05) is 53.7 Å². The van der Waals surface area contributed by atoms with E-state index in [9.17, 15) is 0 Å². The van der Waals surface area contributed by atoms with Crippen LogP contribution in [0.3, 0.4) is 0 Å². The lowest BCUT2D eigenvalue weighted by Gasteiger charge is -2.09. The van der Waals surface area contributed by atoms with Crippen molar-refractivity contribution < 1.29 is 4.42 Å². The maximum atomic E-state index is 6.20. The van der Waals surface area contributed by atoms with E-state index in [4.69, 9.17) is 21.0 Å². The van der Waals surface area contributed by atoms with Gasteiger partial charge in [-0.2, -0.15) is 0 Å². The molecule has 0 N–H and O–H groups in total. The number of nitrogens with zero attached hydrogens (tertiary/aromatic N) is 5. The first-order valence-electron chi connectivity index (χ1n) is 9.44. The van der Waals surface area contributed by atoms with E-state index in [1.165, 1.54) is 5.56 Å². The molecule has 5 rings (SSSR count). The Bertz CT molecular complexity index is 1290. The lowest BCUT2D eigenvalue weighted by Crippen LogP contribution is -2.05. The van der Waals surface area contributed by atoms with Crippen LogP contribution in [0, 0.1) is 0 Å². The van der Waals surface area contributed by atoms with Crippen LogP contribution < -0.4 is 0 Å². The van der Waals surface area contributed by atoms with Crippen LogP contribution in [0.1, 0.15) is 11.4 Å². The molecule has 6 nitrogen and oxygen atoms in total. The highest BCUT2D eigenvalue weighted by atomic mass is 35.5. The number of halogens is 1. The van der Waals surface area contributed by atoms with Crippen LogP contribution in [0.5, 0.6) is 0 Å². The SMILES string of the molecule is Cn1c(SCc2nc3cc(Cl)ccc3n2Cc2ccccc2)nnc1-c1ccco1. The number of aromatic nitrogens is 5. The van der Waals surface area contributed by atoms with Gasteiger partial charge in [-0.05, 0) is 35.9 Å². The largest absolute Gasteiger partial charge is 0.461 e. The molecule has 0 fully saturated rings. The van der Waals surface area contributed by atoms with Crippen LogP contribution in [0.2, 0.25) is 5.02 Å². The first-order chi connectivity index (χ1) is 14.7. The van der Waals surface area contributed by atoms with E-state index < -0.39 is 0 Å². The number of thioether (sulfide) groups is 1. The number of furan rings is 1. The van der Waals surface area contributed by atoms with E-state index in [2.05, 4.69) is 39.0 Å². The number of hydrogen-bond donors (Lipinski definition) is 0. The summed E-state index contributed by atoms with van der Waals surface area (Å²) in [6.07, 6.45) is 1.63. The van der Waals surface area contributed by atoms with Crippen LogP contribution in [0.15, 0.2) is 76.5 Å². The quantitative estimate of drug-likeness (QED) is 0.333.